The van der Waals surface area contributed by atoms with Crippen LogP contribution < -0.4 is 0 Å². The normalized spacial score (nSPS) is 12.2. The van der Waals surface area contributed by atoms with E-state index in [2.05, 4.69) is 15.2 Å². The van der Waals surface area contributed by atoms with Crippen LogP contribution in [0, 0.1) is 13.8 Å². The van der Waals surface area contributed by atoms with Gasteiger partial charge in [0.2, 0.25) is 10.0 Å². The number of aromatic nitrogens is 3. The highest BCUT2D eigenvalue weighted by molar-refractivity contribution is 7.89. The summed E-state index contributed by atoms with van der Waals surface area (Å²) in [6.45, 7) is 3.88. The van der Waals surface area contributed by atoms with Crippen LogP contribution in [0.4, 0.5) is 0 Å². The highest BCUT2D eigenvalue weighted by Crippen LogP contribution is 2.21. The van der Waals surface area contributed by atoms with Crippen LogP contribution >= 0.6 is 11.3 Å². The summed E-state index contributed by atoms with van der Waals surface area (Å²) in [6.07, 6.45) is 1.33. The van der Waals surface area contributed by atoms with Crippen molar-refractivity contribution in [3.05, 3.63) is 28.0 Å². The first-order chi connectivity index (χ1) is 8.43. The smallest absolute Gasteiger partial charge is 0.246 e. The molecule has 98 valence electrons. The van der Waals surface area contributed by atoms with Gasteiger partial charge in [0.1, 0.15) is 4.90 Å². The lowest BCUT2D eigenvalue weighted by Crippen LogP contribution is -2.26. The van der Waals surface area contributed by atoms with Gasteiger partial charge in [-0.2, -0.15) is 9.40 Å². The zero-order valence-electron chi connectivity index (χ0n) is 10.3. The van der Waals surface area contributed by atoms with Crippen molar-refractivity contribution in [2.24, 2.45) is 0 Å². The van der Waals surface area contributed by atoms with Crippen molar-refractivity contribution in [1.29, 1.82) is 0 Å². The maximum absolute atomic E-state index is 12.3. The van der Waals surface area contributed by atoms with E-state index in [-0.39, 0.29) is 4.90 Å². The maximum Gasteiger partial charge on any atom is 0.246 e. The average molecular weight is 286 g/mol. The molecule has 0 radical (unpaired) electrons. The van der Waals surface area contributed by atoms with E-state index in [1.807, 2.05) is 6.92 Å². The lowest BCUT2D eigenvalue weighted by Gasteiger charge is -2.15. The first-order valence-electron chi connectivity index (χ1n) is 5.28. The number of nitrogens with one attached hydrogen (secondary N) is 1. The van der Waals surface area contributed by atoms with Crippen molar-refractivity contribution in [2.75, 3.05) is 7.05 Å². The van der Waals surface area contributed by atoms with Gasteiger partial charge in [0.25, 0.3) is 0 Å². The van der Waals surface area contributed by atoms with E-state index in [0.717, 1.165) is 10.6 Å². The molecule has 1 N–H and O–H groups in total. The minimum atomic E-state index is -3.50. The number of hydrogen-bond donors (Lipinski definition) is 1. The summed E-state index contributed by atoms with van der Waals surface area (Å²) >= 11 is 1.45. The predicted molar refractivity (Wildman–Crippen MR) is 68.8 cm³/mol. The van der Waals surface area contributed by atoms with Gasteiger partial charge in [-0.1, -0.05) is 0 Å². The number of hydrogen-bond acceptors (Lipinski definition) is 5. The van der Waals surface area contributed by atoms with Gasteiger partial charge < -0.3 is 0 Å². The fourth-order valence-corrected chi connectivity index (χ4v) is 3.70. The molecule has 0 aliphatic rings. The Morgan fingerprint density at radius 1 is 1.44 bits per heavy atom. The molecule has 2 aromatic heterocycles. The van der Waals surface area contributed by atoms with E-state index in [9.17, 15) is 8.42 Å². The summed E-state index contributed by atoms with van der Waals surface area (Å²) in [5, 5.41) is 6.38. The fourth-order valence-electron chi connectivity index (χ4n) is 1.53. The molecule has 0 amide bonds. The van der Waals surface area contributed by atoms with Crippen LogP contribution in [0.2, 0.25) is 0 Å². The largest absolute Gasteiger partial charge is 0.281 e. The Bertz CT molecular complexity index is 644. The molecular weight excluding hydrogens is 272 g/mol. The van der Waals surface area contributed by atoms with Crippen LogP contribution in [-0.4, -0.2) is 35.0 Å². The molecule has 0 bridgehead atoms. The lowest BCUT2D eigenvalue weighted by molar-refractivity contribution is 0.468. The molecule has 6 nitrogen and oxygen atoms in total. The molecule has 0 saturated heterocycles. The Morgan fingerprint density at radius 2 is 2.17 bits per heavy atom. The maximum atomic E-state index is 12.3. The zero-order chi connectivity index (χ0) is 13.3. The number of aryl methyl sites for hydroxylation is 2. The number of H-pyrrole nitrogens is 1. The number of thiazole rings is 1. The Kier molecular flexibility index (Phi) is 3.51. The van der Waals surface area contributed by atoms with Gasteiger partial charge in [-0.25, -0.2) is 13.4 Å². The summed E-state index contributed by atoms with van der Waals surface area (Å²) in [4.78, 5) is 5.27. The van der Waals surface area contributed by atoms with E-state index in [0.29, 0.717) is 12.2 Å². The SMILES string of the molecule is Cc1ncsc1CN(C)S(=O)(=O)c1cn[nH]c1C. The van der Waals surface area contributed by atoms with Crippen molar-refractivity contribution < 1.29 is 8.42 Å². The monoisotopic (exact) mass is 286 g/mol. The molecule has 2 heterocycles. The van der Waals surface area contributed by atoms with Crippen LogP contribution in [0.25, 0.3) is 0 Å². The van der Waals surface area contributed by atoms with Crippen molar-refractivity contribution in [3.63, 3.8) is 0 Å². The summed E-state index contributed by atoms with van der Waals surface area (Å²) in [6, 6.07) is 0. The molecule has 8 heteroatoms. The molecule has 0 fully saturated rings. The molecule has 0 aliphatic carbocycles. The number of nitrogens with zero attached hydrogens (tertiary/aromatic N) is 3. The second kappa shape index (κ2) is 4.79. The zero-order valence-corrected chi connectivity index (χ0v) is 12.0. The predicted octanol–water partition coefficient (Wildman–Crippen LogP) is 1.30. The van der Waals surface area contributed by atoms with Crippen molar-refractivity contribution >= 4 is 21.4 Å². The van der Waals surface area contributed by atoms with Gasteiger partial charge in [-0.15, -0.1) is 11.3 Å². The van der Waals surface area contributed by atoms with E-state index in [4.69, 9.17) is 0 Å². The molecule has 0 atom stereocenters. The van der Waals surface area contributed by atoms with Crippen LogP contribution in [0.15, 0.2) is 16.6 Å². The molecule has 0 aromatic carbocycles. The third-order valence-electron chi connectivity index (χ3n) is 2.68. The molecule has 2 rings (SSSR count). The summed E-state index contributed by atoms with van der Waals surface area (Å²) in [5.41, 5.74) is 3.13. The van der Waals surface area contributed by atoms with Gasteiger partial charge in [0.15, 0.2) is 0 Å². The highest BCUT2D eigenvalue weighted by Gasteiger charge is 2.25. The minimum absolute atomic E-state index is 0.215. The van der Waals surface area contributed by atoms with Crippen molar-refractivity contribution in [1.82, 2.24) is 19.5 Å². The molecule has 2 aromatic rings. The van der Waals surface area contributed by atoms with Gasteiger partial charge >= 0.3 is 0 Å². The molecular formula is C10H14N4O2S2. The fraction of sp³-hybridized carbons (Fsp3) is 0.400. The van der Waals surface area contributed by atoms with Gasteiger partial charge in [0.05, 0.1) is 23.1 Å². The van der Waals surface area contributed by atoms with Gasteiger partial charge in [-0.3, -0.25) is 5.10 Å². The van der Waals surface area contributed by atoms with E-state index in [1.54, 1.807) is 19.5 Å². The molecule has 0 saturated carbocycles. The summed E-state index contributed by atoms with van der Waals surface area (Å²) in [5.74, 6) is 0. The average Bonchev–Trinajstić information content (AvgIpc) is 2.88. The third kappa shape index (κ3) is 2.31. The van der Waals surface area contributed by atoms with Crippen LogP contribution in [-0.2, 0) is 16.6 Å². The molecule has 0 spiro atoms. The first-order valence-corrected chi connectivity index (χ1v) is 7.60. The van der Waals surface area contributed by atoms with Gasteiger partial charge in [0, 0.05) is 18.5 Å². The van der Waals surface area contributed by atoms with E-state index < -0.39 is 10.0 Å². The van der Waals surface area contributed by atoms with E-state index >= 15 is 0 Å². The topological polar surface area (TPSA) is 79.0 Å². The summed E-state index contributed by atoms with van der Waals surface area (Å²) in [7, 11) is -1.94. The van der Waals surface area contributed by atoms with Crippen LogP contribution in [0.5, 0.6) is 0 Å². The second-order valence-electron chi connectivity index (χ2n) is 3.98. The Hall–Kier alpha value is -1.25. The number of rotatable bonds is 4. The van der Waals surface area contributed by atoms with Crippen molar-refractivity contribution in [3.8, 4) is 0 Å². The molecule has 0 unspecified atom stereocenters. The Balaban J connectivity index is 2.27. The number of aromatic amines is 1. The lowest BCUT2D eigenvalue weighted by atomic mass is 10.4. The van der Waals surface area contributed by atoms with Gasteiger partial charge in [-0.05, 0) is 13.8 Å². The van der Waals surface area contributed by atoms with Crippen molar-refractivity contribution in [2.45, 2.75) is 25.3 Å². The first kappa shape index (κ1) is 13.2. The third-order valence-corrected chi connectivity index (χ3v) is 5.52. The van der Waals surface area contributed by atoms with Crippen LogP contribution in [0.1, 0.15) is 16.3 Å². The Morgan fingerprint density at radius 3 is 2.67 bits per heavy atom. The summed E-state index contributed by atoms with van der Waals surface area (Å²) < 4.78 is 25.9. The molecule has 18 heavy (non-hydrogen) atoms. The molecule has 0 aliphatic heterocycles. The quantitative estimate of drug-likeness (QED) is 0.919. The van der Waals surface area contributed by atoms with E-state index in [1.165, 1.54) is 21.8 Å². The standard InChI is InChI=1S/C10H14N4O2S2/c1-7-9(17-6-11-7)5-14(3)18(15,16)10-4-12-13-8(10)2/h4,6H,5H2,1-3H3,(H,12,13). The minimum Gasteiger partial charge on any atom is -0.281 e. The van der Waals surface area contributed by atoms with Crippen LogP contribution in [0.3, 0.4) is 0 Å². The highest BCUT2D eigenvalue weighted by atomic mass is 32.2. The Labute approximate surface area is 110 Å². The second-order valence-corrected chi connectivity index (χ2v) is 6.93. The number of sulfonamides is 1.